The van der Waals surface area contributed by atoms with Crippen LogP contribution in [0.15, 0.2) is 30.3 Å². The first kappa shape index (κ1) is 18.5. The average molecular weight is 329 g/mol. The highest BCUT2D eigenvalue weighted by Gasteiger charge is 2.25. The van der Waals surface area contributed by atoms with Gasteiger partial charge < -0.3 is 14.9 Å². The molecule has 2 atom stereocenters. The number of benzene rings is 1. The van der Waals surface area contributed by atoms with Crippen molar-refractivity contribution in [2.45, 2.75) is 31.8 Å². The van der Waals surface area contributed by atoms with Crippen LogP contribution >= 0.6 is 11.6 Å². The van der Waals surface area contributed by atoms with Crippen molar-refractivity contribution in [3.05, 3.63) is 35.9 Å². The molecule has 0 amide bonds. The Hall–Kier alpha value is -1.59. The van der Waals surface area contributed by atoms with Gasteiger partial charge in [-0.05, 0) is 37.8 Å². The molecule has 0 fully saturated rings. The van der Waals surface area contributed by atoms with Crippen LogP contribution in [0, 0.1) is 5.92 Å². The van der Waals surface area contributed by atoms with E-state index in [1.807, 2.05) is 0 Å². The summed E-state index contributed by atoms with van der Waals surface area (Å²) in [6.07, 6.45) is 0.588. The lowest BCUT2D eigenvalue weighted by molar-refractivity contribution is -0.146. The van der Waals surface area contributed by atoms with E-state index in [2.05, 4.69) is 0 Å². The molecular formula is C16H21ClO5. The Morgan fingerprint density at radius 1 is 1.14 bits per heavy atom. The van der Waals surface area contributed by atoms with Crippen LogP contribution in [0.5, 0.6) is 0 Å². The standard InChI is InChI=1S/C16H21ClO5/c17-10-4-8-13(15(19)20)14(18)9-5-11-22-16(21)12-6-2-1-3-7-12/h1-3,6-7,13-14,18H,4-5,8-11H2,(H,19,20)/t13-,14+/m1/s1. The van der Waals surface area contributed by atoms with Gasteiger partial charge in [0.25, 0.3) is 0 Å². The number of alkyl halides is 1. The second-order valence-electron chi connectivity index (χ2n) is 4.99. The monoisotopic (exact) mass is 328 g/mol. The molecule has 0 bridgehead atoms. The number of ether oxygens (including phenoxy) is 1. The molecule has 1 aromatic carbocycles. The zero-order chi connectivity index (χ0) is 16.4. The lowest BCUT2D eigenvalue weighted by atomic mass is 9.94. The summed E-state index contributed by atoms with van der Waals surface area (Å²) in [6.45, 7) is 0.145. The number of aliphatic hydroxyl groups is 1. The van der Waals surface area contributed by atoms with Crippen molar-refractivity contribution in [3.8, 4) is 0 Å². The summed E-state index contributed by atoms with van der Waals surface area (Å²) in [4.78, 5) is 22.8. The van der Waals surface area contributed by atoms with Gasteiger partial charge in [0, 0.05) is 5.88 Å². The molecule has 0 heterocycles. The van der Waals surface area contributed by atoms with E-state index >= 15 is 0 Å². The number of carboxylic acids is 1. The number of aliphatic hydroxyl groups excluding tert-OH is 1. The molecule has 0 aliphatic rings. The highest BCUT2D eigenvalue weighted by molar-refractivity contribution is 6.17. The summed E-state index contributed by atoms with van der Waals surface area (Å²) in [7, 11) is 0. The molecule has 1 rings (SSSR count). The fraction of sp³-hybridized carbons (Fsp3) is 0.500. The summed E-state index contributed by atoms with van der Waals surface area (Å²) in [6, 6.07) is 8.61. The van der Waals surface area contributed by atoms with Crippen molar-refractivity contribution >= 4 is 23.5 Å². The number of aliphatic carboxylic acids is 1. The van der Waals surface area contributed by atoms with Gasteiger partial charge in [0.2, 0.25) is 0 Å². The van der Waals surface area contributed by atoms with E-state index in [-0.39, 0.29) is 13.0 Å². The number of carbonyl (C=O) groups excluding carboxylic acids is 1. The summed E-state index contributed by atoms with van der Waals surface area (Å²) in [5.74, 6) is -1.92. The van der Waals surface area contributed by atoms with Gasteiger partial charge in [-0.3, -0.25) is 4.79 Å². The molecule has 0 aliphatic heterocycles. The van der Waals surface area contributed by atoms with Crippen molar-refractivity contribution in [1.29, 1.82) is 0 Å². The first-order chi connectivity index (χ1) is 10.6. The molecule has 0 unspecified atom stereocenters. The van der Waals surface area contributed by atoms with Gasteiger partial charge in [-0.15, -0.1) is 11.6 Å². The molecule has 122 valence electrons. The lowest BCUT2D eigenvalue weighted by Crippen LogP contribution is -2.28. The zero-order valence-electron chi connectivity index (χ0n) is 12.3. The summed E-state index contributed by atoms with van der Waals surface area (Å²) in [5.41, 5.74) is 0.466. The van der Waals surface area contributed by atoms with Crippen molar-refractivity contribution in [3.63, 3.8) is 0 Å². The van der Waals surface area contributed by atoms with E-state index in [0.29, 0.717) is 30.7 Å². The molecule has 6 heteroatoms. The van der Waals surface area contributed by atoms with E-state index in [4.69, 9.17) is 21.4 Å². The van der Waals surface area contributed by atoms with E-state index in [1.54, 1.807) is 30.3 Å². The van der Waals surface area contributed by atoms with Gasteiger partial charge in [0.05, 0.1) is 24.2 Å². The number of rotatable bonds is 10. The molecule has 0 aromatic heterocycles. The second kappa shape index (κ2) is 10.2. The molecule has 1 aromatic rings. The van der Waals surface area contributed by atoms with E-state index in [0.717, 1.165) is 0 Å². The number of halogens is 1. The Labute approximate surface area is 134 Å². The quantitative estimate of drug-likeness (QED) is 0.392. The highest BCUT2D eigenvalue weighted by Crippen LogP contribution is 2.17. The third kappa shape index (κ3) is 6.45. The van der Waals surface area contributed by atoms with Gasteiger partial charge in [0.15, 0.2) is 0 Å². The SMILES string of the molecule is O=C(OCCC[C@H](O)[C@@H](CCCCl)C(=O)O)c1ccccc1. The Morgan fingerprint density at radius 2 is 1.82 bits per heavy atom. The minimum Gasteiger partial charge on any atom is -0.481 e. The minimum absolute atomic E-state index is 0.145. The predicted molar refractivity (Wildman–Crippen MR) is 83.0 cm³/mol. The van der Waals surface area contributed by atoms with Crippen LogP contribution in [0.4, 0.5) is 0 Å². The van der Waals surface area contributed by atoms with Gasteiger partial charge >= 0.3 is 11.9 Å². The number of carbonyl (C=O) groups is 2. The smallest absolute Gasteiger partial charge is 0.338 e. The van der Waals surface area contributed by atoms with Gasteiger partial charge in [-0.25, -0.2) is 4.79 Å². The van der Waals surface area contributed by atoms with Gasteiger partial charge in [-0.2, -0.15) is 0 Å². The van der Waals surface area contributed by atoms with Crippen LogP contribution in [0.3, 0.4) is 0 Å². The minimum atomic E-state index is -1.03. The van der Waals surface area contributed by atoms with Crippen LogP contribution in [0.1, 0.15) is 36.0 Å². The number of carboxylic acid groups (broad SMARTS) is 1. The fourth-order valence-corrected chi connectivity index (χ4v) is 2.25. The highest BCUT2D eigenvalue weighted by atomic mass is 35.5. The van der Waals surface area contributed by atoms with Crippen molar-refractivity contribution in [2.75, 3.05) is 12.5 Å². The van der Waals surface area contributed by atoms with Crippen LogP contribution < -0.4 is 0 Å². The normalized spacial score (nSPS) is 13.4. The average Bonchev–Trinajstić information content (AvgIpc) is 2.52. The van der Waals surface area contributed by atoms with E-state index < -0.39 is 24.0 Å². The molecule has 5 nitrogen and oxygen atoms in total. The predicted octanol–water partition coefficient (Wildman–Crippen LogP) is 2.70. The number of hydrogen-bond donors (Lipinski definition) is 2. The van der Waals surface area contributed by atoms with Crippen LogP contribution in [-0.2, 0) is 9.53 Å². The Bertz CT molecular complexity index is 463. The molecule has 0 saturated heterocycles. The molecule has 0 saturated carbocycles. The Kier molecular flexibility index (Phi) is 8.55. The van der Waals surface area contributed by atoms with Crippen LogP contribution in [0.2, 0.25) is 0 Å². The number of esters is 1. The van der Waals surface area contributed by atoms with Crippen LogP contribution in [-0.4, -0.2) is 40.7 Å². The maximum Gasteiger partial charge on any atom is 0.338 e. The van der Waals surface area contributed by atoms with Crippen molar-refractivity contribution < 1.29 is 24.5 Å². The Balaban J connectivity index is 2.30. The first-order valence-corrected chi connectivity index (χ1v) is 7.78. The summed E-state index contributed by atoms with van der Waals surface area (Å²) >= 11 is 5.54. The first-order valence-electron chi connectivity index (χ1n) is 7.25. The summed E-state index contributed by atoms with van der Waals surface area (Å²) < 4.78 is 5.08. The third-order valence-corrected chi connectivity index (χ3v) is 3.58. The van der Waals surface area contributed by atoms with Crippen molar-refractivity contribution in [1.82, 2.24) is 0 Å². The van der Waals surface area contributed by atoms with Gasteiger partial charge in [0.1, 0.15) is 0 Å². The Morgan fingerprint density at radius 3 is 2.41 bits per heavy atom. The second-order valence-corrected chi connectivity index (χ2v) is 5.37. The zero-order valence-corrected chi connectivity index (χ0v) is 13.0. The van der Waals surface area contributed by atoms with Crippen molar-refractivity contribution in [2.24, 2.45) is 5.92 Å². The lowest BCUT2D eigenvalue weighted by Gasteiger charge is -2.18. The largest absolute Gasteiger partial charge is 0.481 e. The topological polar surface area (TPSA) is 83.8 Å². The molecule has 0 spiro atoms. The van der Waals surface area contributed by atoms with E-state index in [9.17, 15) is 14.7 Å². The number of hydrogen-bond acceptors (Lipinski definition) is 4. The molecule has 22 heavy (non-hydrogen) atoms. The maximum absolute atomic E-state index is 11.7. The van der Waals surface area contributed by atoms with Crippen LogP contribution in [0.25, 0.3) is 0 Å². The maximum atomic E-state index is 11.7. The third-order valence-electron chi connectivity index (χ3n) is 3.32. The molecule has 0 aliphatic carbocycles. The molecule has 0 radical (unpaired) electrons. The molecular weight excluding hydrogens is 308 g/mol. The van der Waals surface area contributed by atoms with Gasteiger partial charge in [-0.1, -0.05) is 18.2 Å². The molecule has 2 N–H and O–H groups in total. The van der Waals surface area contributed by atoms with E-state index in [1.165, 1.54) is 0 Å². The summed E-state index contributed by atoms with van der Waals surface area (Å²) in [5, 5.41) is 19.0. The fourth-order valence-electron chi connectivity index (χ4n) is 2.09.